The van der Waals surface area contributed by atoms with Crippen LogP contribution in [0.2, 0.25) is 0 Å². The van der Waals surface area contributed by atoms with Crippen LogP contribution < -0.4 is 16.6 Å². The summed E-state index contributed by atoms with van der Waals surface area (Å²) in [5, 5.41) is 2.86. The monoisotopic (exact) mass is 286 g/mol. The smallest absolute Gasteiger partial charge is 0.251 e. The van der Waals surface area contributed by atoms with Gasteiger partial charge in [-0.05, 0) is 12.8 Å². The van der Waals surface area contributed by atoms with E-state index in [0.717, 1.165) is 12.8 Å². The molecule has 0 spiro atoms. The van der Waals surface area contributed by atoms with E-state index >= 15 is 0 Å². The third-order valence-electron chi connectivity index (χ3n) is 3.43. The summed E-state index contributed by atoms with van der Waals surface area (Å²) in [6.45, 7) is 6.02. The van der Waals surface area contributed by atoms with Crippen LogP contribution in [0.4, 0.5) is 0 Å². The minimum Gasteiger partial charge on any atom is -0.378 e. The van der Waals surface area contributed by atoms with Crippen LogP contribution in [0.1, 0.15) is 33.1 Å². The molecule has 0 radical (unpaired) electrons. The molecule has 1 heterocycles. The van der Waals surface area contributed by atoms with E-state index < -0.39 is 6.04 Å². The molecule has 0 aromatic rings. The van der Waals surface area contributed by atoms with E-state index in [-0.39, 0.29) is 17.9 Å². The Bertz CT molecular complexity index is 325. The zero-order valence-electron chi connectivity index (χ0n) is 12.4. The van der Waals surface area contributed by atoms with E-state index in [1.54, 1.807) is 0 Å². The Labute approximate surface area is 120 Å². The molecule has 4 N–H and O–H groups in total. The molecule has 1 saturated heterocycles. The zero-order chi connectivity index (χ0) is 15.0. The normalized spacial score (nSPS) is 21.2. The molecule has 7 heteroatoms. The van der Waals surface area contributed by atoms with Crippen LogP contribution in [-0.4, -0.2) is 55.1 Å². The largest absolute Gasteiger partial charge is 0.378 e. The van der Waals surface area contributed by atoms with Gasteiger partial charge in [0.2, 0.25) is 5.91 Å². The first kappa shape index (κ1) is 16.9. The SMILES string of the molecule is CCCNC(=O)C1COCCN1C(CCC)C(=O)NN. The molecule has 2 unspecified atom stereocenters. The molecule has 2 atom stereocenters. The van der Waals surface area contributed by atoms with Crippen LogP contribution in [-0.2, 0) is 14.3 Å². The summed E-state index contributed by atoms with van der Waals surface area (Å²) in [6, 6.07) is -0.810. The first-order valence-electron chi connectivity index (χ1n) is 7.27. The second-order valence-corrected chi connectivity index (χ2v) is 4.93. The third-order valence-corrected chi connectivity index (χ3v) is 3.43. The second kappa shape index (κ2) is 8.89. The Hall–Kier alpha value is -1.18. The molecule has 1 aliphatic rings. The number of ether oxygens (including phenoxy) is 1. The van der Waals surface area contributed by atoms with E-state index in [2.05, 4.69) is 10.7 Å². The summed E-state index contributed by atoms with van der Waals surface area (Å²) in [4.78, 5) is 26.0. The number of hydrazine groups is 1. The van der Waals surface area contributed by atoms with Gasteiger partial charge in [-0.2, -0.15) is 0 Å². The number of morpholine rings is 1. The molecular formula is C13H26N4O3. The van der Waals surface area contributed by atoms with Crippen LogP contribution in [0.15, 0.2) is 0 Å². The van der Waals surface area contributed by atoms with Crippen molar-refractivity contribution < 1.29 is 14.3 Å². The maximum Gasteiger partial charge on any atom is 0.251 e. The number of hydrogen-bond donors (Lipinski definition) is 3. The van der Waals surface area contributed by atoms with Gasteiger partial charge in [0.1, 0.15) is 6.04 Å². The highest BCUT2D eigenvalue weighted by Gasteiger charge is 2.36. The number of carbonyl (C=O) groups is 2. The summed E-state index contributed by atoms with van der Waals surface area (Å²) < 4.78 is 5.39. The van der Waals surface area contributed by atoms with Gasteiger partial charge in [0.25, 0.3) is 5.91 Å². The van der Waals surface area contributed by atoms with Gasteiger partial charge >= 0.3 is 0 Å². The molecule has 1 aliphatic heterocycles. The fourth-order valence-corrected chi connectivity index (χ4v) is 2.40. The highest BCUT2D eigenvalue weighted by Crippen LogP contribution is 2.16. The number of hydrogen-bond acceptors (Lipinski definition) is 5. The molecule has 116 valence electrons. The van der Waals surface area contributed by atoms with Crippen LogP contribution in [0, 0.1) is 0 Å². The van der Waals surface area contributed by atoms with E-state index in [0.29, 0.717) is 32.7 Å². The van der Waals surface area contributed by atoms with Crippen molar-refractivity contribution in [1.29, 1.82) is 0 Å². The summed E-state index contributed by atoms with van der Waals surface area (Å²) in [6.07, 6.45) is 2.39. The molecule has 2 amide bonds. The number of nitrogens with zero attached hydrogens (tertiary/aromatic N) is 1. The van der Waals surface area contributed by atoms with Crippen LogP contribution in [0.5, 0.6) is 0 Å². The van der Waals surface area contributed by atoms with Gasteiger partial charge in [-0.25, -0.2) is 5.84 Å². The molecule has 0 saturated carbocycles. The molecule has 1 rings (SSSR count). The standard InChI is InChI=1S/C13H26N4O3/c1-3-5-10(13(19)16-14)17-7-8-20-9-11(17)12(18)15-6-4-2/h10-11H,3-9,14H2,1-2H3,(H,15,18)(H,16,19). The number of nitrogens with two attached hydrogens (primary N) is 1. The van der Waals surface area contributed by atoms with Gasteiger partial charge in [0.05, 0.1) is 19.3 Å². The lowest BCUT2D eigenvalue weighted by molar-refractivity contribution is -0.140. The van der Waals surface area contributed by atoms with Gasteiger partial charge in [-0.1, -0.05) is 20.3 Å². The van der Waals surface area contributed by atoms with Gasteiger partial charge in [-0.3, -0.25) is 19.9 Å². The Morgan fingerprint density at radius 3 is 2.75 bits per heavy atom. The number of carbonyl (C=O) groups excluding carboxylic acids is 2. The Kier molecular flexibility index (Phi) is 7.50. The summed E-state index contributed by atoms with van der Waals surface area (Å²) >= 11 is 0. The first-order valence-corrected chi connectivity index (χ1v) is 7.27. The molecular weight excluding hydrogens is 260 g/mol. The highest BCUT2D eigenvalue weighted by atomic mass is 16.5. The van der Waals surface area contributed by atoms with Crippen LogP contribution >= 0.6 is 0 Å². The molecule has 0 aromatic carbocycles. The van der Waals surface area contributed by atoms with E-state index in [4.69, 9.17) is 10.6 Å². The van der Waals surface area contributed by atoms with E-state index in [1.165, 1.54) is 0 Å². The van der Waals surface area contributed by atoms with Gasteiger partial charge in [0, 0.05) is 13.1 Å². The number of amides is 2. The average molecular weight is 286 g/mol. The fourth-order valence-electron chi connectivity index (χ4n) is 2.40. The number of nitrogens with one attached hydrogen (secondary N) is 2. The Morgan fingerprint density at radius 2 is 2.15 bits per heavy atom. The van der Waals surface area contributed by atoms with Crippen molar-refractivity contribution >= 4 is 11.8 Å². The van der Waals surface area contributed by atoms with Gasteiger partial charge in [0.15, 0.2) is 0 Å². The van der Waals surface area contributed by atoms with Crippen molar-refractivity contribution in [2.45, 2.75) is 45.2 Å². The molecule has 1 fully saturated rings. The lowest BCUT2D eigenvalue weighted by Crippen LogP contribution is -2.61. The van der Waals surface area contributed by atoms with Crippen molar-refractivity contribution in [3.05, 3.63) is 0 Å². The Morgan fingerprint density at radius 1 is 1.40 bits per heavy atom. The number of rotatable bonds is 7. The topological polar surface area (TPSA) is 96.7 Å². The summed E-state index contributed by atoms with van der Waals surface area (Å²) in [5.74, 6) is 4.92. The molecule has 7 nitrogen and oxygen atoms in total. The first-order chi connectivity index (χ1) is 9.65. The molecule has 0 aromatic heterocycles. The predicted molar refractivity (Wildman–Crippen MR) is 75.6 cm³/mol. The lowest BCUT2D eigenvalue weighted by Gasteiger charge is -2.39. The van der Waals surface area contributed by atoms with Crippen molar-refractivity contribution in [3.63, 3.8) is 0 Å². The summed E-state index contributed by atoms with van der Waals surface area (Å²) in [5.41, 5.74) is 2.20. The van der Waals surface area contributed by atoms with Gasteiger partial charge in [-0.15, -0.1) is 0 Å². The highest BCUT2D eigenvalue weighted by molar-refractivity contribution is 5.85. The molecule has 0 bridgehead atoms. The van der Waals surface area contributed by atoms with E-state index in [1.807, 2.05) is 18.7 Å². The summed E-state index contributed by atoms with van der Waals surface area (Å²) in [7, 11) is 0. The minimum absolute atomic E-state index is 0.0857. The predicted octanol–water partition coefficient (Wildman–Crippen LogP) is -0.628. The van der Waals surface area contributed by atoms with Crippen molar-refractivity contribution in [1.82, 2.24) is 15.6 Å². The van der Waals surface area contributed by atoms with Crippen molar-refractivity contribution in [2.24, 2.45) is 5.84 Å². The van der Waals surface area contributed by atoms with Crippen molar-refractivity contribution in [3.8, 4) is 0 Å². The average Bonchev–Trinajstić information content (AvgIpc) is 2.49. The van der Waals surface area contributed by atoms with E-state index in [9.17, 15) is 9.59 Å². The maximum atomic E-state index is 12.2. The third kappa shape index (κ3) is 4.43. The maximum absolute atomic E-state index is 12.2. The van der Waals surface area contributed by atoms with Crippen LogP contribution in [0.3, 0.4) is 0 Å². The second-order valence-electron chi connectivity index (χ2n) is 4.93. The Balaban J connectivity index is 2.79. The van der Waals surface area contributed by atoms with Gasteiger partial charge < -0.3 is 10.1 Å². The quantitative estimate of drug-likeness (QED) is 0.329. The van der Waals surface area contributed by atoms with Crippen LogP contribution in [0.25, 0.3) is 0 Å². The van der Waals surface area contributed by atoms with Crippen molar-refractivity contribution in [2.75, 3.05) is 26.3 Å². The minimum atomic E-state index is -0.427. The molecule has 0 aliphatic carbocycles. The lowest BCUT2D eigenvalue weighted by atomic mass is 10.1. The zero-order valence-corrected chi connectivity index (χ0v) is 12.4. The molecule has 20 heavy (non-hydrogen) atoms. The fraction of sp³-hybridized carbons (Fsp3) is 0.846.